The van der Waals surface area contributed by atoms with Crippen molar-refractivity contribution in [1.82, 2.24) is 0 Å². The van der Waals surface area contributed by atoms with Crippen molar-refractivity contribution < 1.29 is 9.18 Å². The molecule has 0 aliphatic heterocycles. The van der Waals surface area contributed by atoms with Gasteiger partial charge in [0.15, 0.2) is 0 Å². The Morgan fingerprint density at radius 2 is 1.82 bits per heavy atom. The van der Waals surface area contributed by atoms with Gasteiger partial charge in [-0.25, -0.2) is 4.39 Å². The molecule has 1 heterocycles. The zero-order chi connectivity index (χ0) is 12.6. The van der Waals surface area contributed by atoms with Crippen LogP contribution in [0.25, 0.3) is 0 Å². The lowest BCUT2D eigenvalue weighted by molar-refractivity contribution is 0.104. The molecule has 0 saturated heterocycles. The molecule has 1 aromatic heterocycles. The molecule has 0 bridgehead atoms. The van der Waals surface area contributed by atoms with Gasteiger partial charge in [0, 0.05) is 10.4 Å². The molecular weight excluding hydrogens is 235 g/mol. The summed E-state index contributed by atoms with van der Waals surface area (Å²) in [6.07, 6.45) is 0. The van der Waals surface area contributed by atoms with Crippen LogP contribution in [0.1, 0.15) is 31.2 Å². The summed E-state index contributed by atoms with van der Waals surface area (Å²) < 4.78 is 13.0. The normalized spacial score (nSPS) is 10.6. The van der Waals surface area contributed by atoms with Gasteiger partial charge in [-0.1, -0.05) is 0 Å². The second-order valence-electron chi connectivity index (χ2n) is 4.14. The maximum Gasteiger partial charge on any atom is 0.203 e. The van der Waals surface area contributed by atoms with E-state index >= 15 is 0 Å². The van der Waals surface area contributed by atoms with Gasteiger partial charge in [-0.3, -0.25) is 4.79 Å². The van der Waals surface area contributed by atoms with Gasteiger partial charge in [0.2, 0.25) is 5.78 Å². The zero-order valence-electron chi connectivity index (χ0n) is 10.0. The summed E-state index contributed by atoms with van der Waals surface area (Å²) in [6, 6.07) is 6.16. The lowest BCUT2D eigenvalue weighted by Gasteiger charge is -2.02. The summed E-state index contributed by atoms with van der Waals surface area (Å²) in [5.74, 6) is -0.332. The highest BCUT2D eigenvalue weighted by Gasteiger charge is 2.15. The zero-order valence-corrected chi connectivity index (χ0v) is 10.8. The molecule has 0 fully saturated rings. The molecule has 2 rings (SSSR count). The minimum absolute atomic E-state index is 0.0244. The van der Waals surface area contributed by atoms with E-state index in [4.69, 9.17) is 0 Å². The molecule has 0 N–H and O–H groups in total. The minimum Gasteiger partial charge on any atom is -0.288 e. The van der Waals surface area contributed by atoms with Gasteiger partial charge in [-0.05, 0) is 56.2 Å². The molecule has 0 unspecified atom stereocenters. The lowest BCUT2D eigenvalue weighted by atomic mass is 10.0. The molecule has 0 spiro atoms. The van der Waals surface area contributed by atoms with Crippen LogP contribution in [0.15, 0.2) is 24.3 Å². The second-order valence-corrected chi connectivity index (χ2v) is 5.39. The fraction of sp³-hybridized carbons (Fsp3) is 0.214. The summed E-state index contributed by atoms with van der Waals surface area (Å²) >= 11 is 1.49. The molecule has 0 aliphatic rings. The summed E-state index contributed by atoms with van der Waals surface area (Å²) in [5.41, 5.74) is 2.38. The Balaban J connectivity index is 2.43. The van der Waals surface area contributed by atoms with Gasteiger partial charge < -0.3 is 0 Å². The molecule has 2 aromatic rings. The number of hydrogen-bond donors (Lipinski definition) is 0. The van der Waals surface area contributed by atoms with Crippen molar-refractivity contribution in [3.63, 3.8) is 0 Å². The Kier molecular flexibility index (Phi) is 3.11. The van der Waals surface area contributed by atoms with Crippen molar-refractivity contribution in [2.75, 3.05) is 0 Å². The highest BCUT2D eigenvalue weighted by molar-refractivity contribution is 7.14. The van der Waals surface area contributed by atoms with Crippen LogP contribution in [0.5, 0.6) is 0 Å². The smallest absolute Gasteiger partial charge is 0.203 e. The number of carbonyl (C=O) groups excluding carboxylic acids is 1. The van der Waals surface area contributed by atoms with Crippen LogP contribution in [0.4, 0.5) is 4.39 Å². The first-order valence-corrected chi connectivity index (χ1v) is 6.18. The van der Waals surface area contributed by atoms with Crippen LogP contribution in [0, 0.1) is 26.6 Å². The van der Waals surface area contributed by atoms with Crippen molar-refractivity contribution >= 4 is 17.1 Å². The van der Waals surface area contributed by atoms with Crippen molar-refractivity contribution in [3.05, 3.63) is 56.5 Å². The third kappa shape index (κ3) is 2.29. The minimum atomic E-state index is -0.308. The summed E-state index contributed by atoms with van der Waals surface area (Å²) in [7, 11) is 0. The van der Waals surface area contributed by atoms with E-state index in [1.807, 2.05) is 19.9 Å². The Hall–Kier alpha value is -1.48. The Morgan fingerprint density at radius 3 is 2.35 bits per heavy atom. The molecule has 1 nitrogen and oxygen atoms in total. The molecular formula is C14H13FOS. The predicted octanol–water partition coefficient (Wildman–Crippen LogP) is 4.04. The second kappa shape index (κ2) is 4.41. The van der Waals surface area contributed by atoms with Gasteiger partial charge in [-0.2, -0.15) is 0 Å². The van der Waals surface area contributed by atoms with E-state index in [-0.39, 0.29) is 11.6 Å². The molecule has 3 heteroatoms. The Morgan fingerprint density at radius 1 is 1.12 bits per heavy atom. The van der Waals surface area contributed by atoms with Crippen molar-refractivity contribution in [3.8, 4) is 0 Å². The molecule has 0 saturated carbocycles. The van der Waals surface area contributed by atoms with E-state index in [0.717, 1.165) is 15.3 Å². The van der Waals surface area contributed by atoms with Crippen molar-refractivity contribution in [2.24, 2.45) is 0 Å². The average molecular weight is 248 g/mol. The lowest BCUT2D eigenvalue weighted by Crippen LogP contribution is -2.01. The molecule has 0 aliphatic carbocycles. The maximum atomic E-state index is 13.0. The number of halogens is 1. The highest BCUT2D eigenvalue weighted by Crippen LogP contribution is 2.24. The highest BCUT2D eigenvalue weighted by atomic mass is 32.1. The van der Waals surface area contributed by atoms with Crippen molar-refractivity contribution in [2.45, 2.75) is 20.8 Å². The fourth-order valence-corrected chi connectivity index (χ4v) is 2.69. The fourth-order valence-electron chi connectivity index (χ4n) is 1.70. The van der Waals surface area contributed by atoms with Crippen LogP contribution >= 0.6 is 11.3 Å². The van der Waals surface area contributed by atoms with E-state index < -0.39 is 0 Å². The first-order chi connectivity index (χ1) is 7.99. The summed E-state index contributed by atoms with van der Waals surface area (Å²) in [4.78, 5) is 14.1. The van der Waals surface area contributed by atoms with Crippen LogP contribution < -0.4 is 0 Å². The standard InChI is InChI=1S/C14H13FOS/c1-8-7-13(17-10(8)3)14(16)12-5-4-11(15)6-9(12)2/h4-7H,1-3H3. The van der Waals surface area contributed by atoms with Gasteiger partial charge in [0.25, 0.3) is 0 Å². The maximum absolute atomic E-state index is 13.0. The number of rotatable bonds is 2. The Bertz CT molecular complexity index is 564. The number of carbonyl (C=O) groups is 1. The van der Waals surface area contributed by atoms with E-state index in [0.29, 0.717) is 11.1 Å². The van der Waals surface area contributed by atoms with E-state index in [1.54, 1.807) is 13.0 Å². The van der Waals surface area contributed by atoms with E-state index in [1.165, 1.54) is 23.5 Å². The van der Waals surface area contributed by atoms with Gasteiger partial charge in [0.1, 0.15) is 5.82 Å². The quantitative estimate of drug-likeness (QED) is 0.733. The van der Waals surface area contributed by atoms with Crippen LogP contribution in [0.3, 0.4) is 0 Å². The third-order valence-corrected chi connectivity index (χ3v) is 3.97. The van der Waals surface area contributed by atoms with Gasteiger partial charge in [-0.15, -0.1) is 11.3 Å². The SMILES string of the molecule is Cc1cc(F)ccc1C(=O)c1cc(C)c(C)s1. The molecule has 1 aromatic carbocycles. The molecule has 0 amide bonds. The number of thiophene rings is 1. The predicted molar refractivity (Wildman–Crippen MR) is 68.4 cm³/mol. The van der Waals surface area contributed by atoms with Crippen LogP contribution in [-0.2, 0) is 0 Å². The van der Waals surface area contributed by atoms with Crippen molar-refractivity contribution in [1.29, 1.82) is 0 Å². The Labute approximate surface area is 104 Å². The molecule has 0 atom stereocenters. The third-order valence-electron chi connectivity index (χ3n) is 2.82. The number of benzene rings is 1. The van der Waals surface area contributed by atoms with Crippen LogP contribution in [-0.4, -0.2) is 5.78 Å². The number of ketones is 1. The van der Waals surface area contributed by atoms with E-state index in [2.05, 4.69) is 0 Å². The number of hydrogen-bond acceptors (Lipinski definition) is 2. The molecule has 17 heavy (non-hydrogen) atoms. The topological polar surface area (TPSA) is 17.1 Å². The van der Waals surface area contributed by atoms with Gasteiger partial charge >= 0.3 is 0 Å². The monoisotopic (exact) mass is 248 g/mol. The van der Waals surface area contributed by atoms with Gasteiger partial charge in [0.05, 0.1) is 4.88 Å². The summed E-state index contributed by atoms with van der Waals surface area (Å²) in [5, 5.41) is 0. The van der Waals surface area contributed by atoms with Crippen LogP contribution in [0.2, 0.25) is 0 Å². The summed E-state index contributed by atoms with van der Waals surface area (Å²) in [6.45, 7) is 5.73. The van der Waals surface area contributed by atoms with E-state index in [9.17, 15) is 9.18 Å². The average Bonchev–Trinajstić information content (AvgIpc) is 2.58. The first kappa shape index (κ1) is 12.0. The number of aryl methyl sites for hydroxylation is 3. The first-order valence-electron chi connectivity index (χ1n) is 5.37. The molecule has 88 valence electrons. The largest absolute Gasteiger partial charge is 0.288 e. The molecule has 0 radical (unpaired) electrons.